The van der Waals surface area contributed by atoms with Crippen LogP contribution in [0.25, 0.3) is 0 Å². The van der Waals surface area contributed by atoms with E-state index in [4.69, 9.17) is 20.3 Å². The van der Waals surface area contributed by atoms with E-state index in [1.54, 1.807) is 31.6 Å². The van der Waals surface area contributed by atoms with E-state index in [9.17, 15) is 9.59 Å². The molecule has 5 rings (SSSR count). The molecule has 1 saturated heterocycles. The van der Waals surface area contributed by atoms with Crippen molar-refractivity contribution in [3.8, 4) is 11.5 Å². The van der Waals surface area contributed by atoms with E-state index in [-0.39, 0.29) is 17.9 Å². The minimum Gasteiger partial charge on any atom is -0.493 e. The molecule has 3 aliphatic rings. The lowest BCUT2D eigenvalue weighted by Gasteiger charge is -2.43. The van der Waals surface area contributed by atoms with Gasteiger partial charge in [-0.15, -0.1) is 0 Å². The fourth-order valence-electron chi connectivity index (χ4n) is 6.14. The molecule has 38 heavy (non-hydrogen) atoms. The summed E-state index contributed by atoms with van der Waals surface area (Å²) in [7, 11) is 3.24. The van der Waals surface area contributed by atoms with E-state index < -0.39 is 11.5 Å². The van der Waals surface area contributed by atoms with Gasteiger partial charge in [-0.05, 0) is 61.9 Å². The highest BCUT2D eigenvalue weighted by molar-refractivity contribution is 6.06. The highest BCUT2D eigenvalue weighted by Gasteiger charge is 2.49. The zero-order chi connectivity index (χ0) is 26.7. The number of benzene rings is 1. The van der Waals surface area contributed by atoms with E-state index in [1.165, 1.54) is 0 Å². The van der Waals surface area contributed by atoms with Gasteiger partial charge in [-0.25, -0.2) is 5.01 Å². The van der Waals surface area contributed by atoms with Crippen molar-refractivity contribution in [2.24, 2.45) is 16.3 Å². The Morgan fingerprint density at radius 3 is 2.53 bits per heavy atom. The van der Waals surface area contributed by atoms with E-state index >= 15 is 0 Å². The molecule has 1 atom stereocenters. The molecule has 1 saturated carbocycles. The minimum atomic E-state index is -0.608. The minimum absolute atomic E-state index is 0.0472. The third kappa shape index (κ3) is 5.12. The van der Waals surface area contributed by atoms with Crippen molar-refractivity contribution in [2.75, 3.05) is 27.3 Å². The Balaban J connectivity index is 1.32. The number of carbonyl (C=O) groups is 2. The largest absolute Gasteiger partial charge is 0.493 e. The van der Waals surface area contributed by atoms with Gasteiger partial charge in [0.15, 0.2) is 11.5 Å². The number of hydrazone groups is 1. The van der Waals surface area contributed by atoms with Gasteiger partial charge in [0, 0.05) is 37.5 Å². The Morgan fingerprint density at radius 1 is 1.13 bits per heavy atom. The van der Waals surface area contributed by atoms with Crippen molar-refractivity contribution in [3.63, 3.8) is 0 Å². The van der Waals surface area contributed by atoms with E-state index in [0.717, 1.165) is 42.5 Å². The summed E-state index contributed by atoms with van der Waals surface area (Å²) in [4.78, 5) is 32.8. The van der Waals surface area contributed by atoms with Gasteiger partial charge in [-0.2, -0.15) is 5.10 Å². The van der Waals surface area contributed by atoms with Crippen LogP contribution in [0, 0.1) is 5.41 Å². The molecule has 2 aromatic rings. The summed E-state index contributed by atoms with van der Waals surface area (Å²) >= 11 is 0. The summed E-state index contributed by atoms with van der Waals surface area (Å²) in [6.45, 7) is 1.12. The molecular weight excluding hydrogens is 482 g/mol. The van der Waals surface area contributed by atoms with Crippen molar-refractivity contribution >= 4 is 17.5 Å². The maximum Gasteiger partial charge on any atom is 0.249 e. The number of carbonyl (C=O) groups excluding carboxylic acids is 2. The summed E-state index contributed by atoms with van der Waals surface area (Å²) in [5.41, 5.74) is 8.66. The number of hydrogen-bond donors (Lipinski definition) is 1. The zero-order valence-corrected chi connectivity index (χ0v) is 22.3. The Hall–Kier alpha value is -3.46. The van der Waals surface area contributed by atoms with Gasteiger partial charge >= 0.3 is 0 Å². The summed E-state index contributed by atoms with van der Waals surface area (Å²) in [5.74, 6) is 1.39. The van der Waals surface area contributed by atoms with Crippen LogP contribution >= 0.6 is 0 Å². The summed E-state index contributed by atoms with van der Waals surface area (Å²) in [6, 6.07) is 8.94. The lowest BCUT2D eigenvalue weighted by Crippen LogP contribution is -2.55. The van der Waals surface area contributed by atoms with Crippen molar-refractivity contribution in [2.45, 2.75) is 63.5 Å². The molecule has 202 valence electrons. The number of likely N-dealkylation sites (tertiary alicyclic amines) is 1. The van der Waals surface area contributed by atoms with Crippen LogP contribution in [0.15, 0.2) is 47.8 Å². The summed E-state index contributed by atoms with van der Waals surface area (Å²) in [5, 5.41) is 6.68. The highest BCUT2D eigenvalue weighted by Crippen LogP contribution is 2.47. The van der Waals surface area contributed by atoms with Gasteiger partial charge < -0.3 is 20.1 Å². The molecule has 9 nitrogen and oxygen atoms in total. The number of rotatable bonds is 7. The van der Waals surface area contributed by atoms with Crippen LogP contribution in [0.3, 0.4) is 0 Å². The predicted molar refractivity (Wildman–Crippen MR) is 144 cm³/mol. The first-order valence-electron chi connectivity index (χ1n) is 13.5. The molecule has 9 heteroatoms. The van der Waals surface area contributed by atoms with Gasteiger partial charge in [0.25, 0.3) is 0 Å². The Labute approximate surface area is 224 Å². The van der Waals surface area contributed by atoms with Gasteiger partial charge in [0.1, 0.15) is 0 Å². The average molecular weight is 520 g/mol. The van der Waals surface area contributed by atoms with Gasteiger partial charge in [-0.1, -0.05) is 18.9 Å². The molecule has 3 heterocycles. The first-order valence-corrected chi connectivity index (χ1v) is 13.5. The van der Waals surface area contributed by atoms with Crippen molar-refractivity contribution < 1.29 is 19.1 Å². The number of hydrogen-bond acceptors (Lipinski definition) is 7. The maximum absolute atomic E-state index is 13.8. The first-order chi connectivity index (χ1) is 18.4. The Kier molecular flexibility index (Phi) is 7.65. The second-order valence-corrected chi connectivity index (χ2v) is 10.7. The smallest absolute Gasteiger partial charge is 0.249 e. The second-order valence-electron chi connectivity index (χ2n) is 10.7. The van der Waals surface area contributed by atoms with Crippen LogP contribution in [0.2, 0.25) is 0 Å². The molecule has 1 aliphatic carbocycles. The average Bonchev–Trinajstić information content (AvgIpc) is 3.43. The molecule has 1 aromatic heterocycles. The molecule has 2 fully saturated rings. The lowest BCUT2D eigenvalue weighted by molar-refractivity contribution is -0.147. The molecule has 2 aliphatic heterocycles. The number of nitrogens with zero attached hydrogens (tertiary/aromatic N) is 4. The number of amides is 2. The van der Waals surface area contributed by atoms with E-state index in [2.05, 4.69) is 4.98 Å². The molecule has 2 amide bonds. The van der Waals surface area contributed by atoms with Crippen LogP contribution < -0.4 is 15.2 Å². The lowest BCUT2D eigenvalue weighted by atomic mass is 9.77. The molecular formula is C29H37N5O4. The fourth-order valence-corrected chi connectivity index (χ4v) is 6.14. The molecule has 0 bridgehead atoms. The van der Waals surface area contributed by atoms with E-state index in [0.29, 0.717) is 50.3 Å². The molecule has 1 spiro atoms. The summed E-state index contributed by atoms with van der Waals surface area (Å²) in [6.07, 6.45) is 9.78. The zero-order valence-electron chi connectivity index (χ0n) is 22.3. The SMILES string of the molecule is COc1ccc(C2=NN(C3CCN(C(=O)[C@@H](N)Cc4cccnc4)CC3)C(=O)C3(CCCC3)C2)cc1OC. The number of methoxy groups -OCH3 is 2. The predicted octanol–water partition coefficient (Wildman–Crippen LogP) is 3.16. The molecule has 2 N–H and O–H groups in total. The van der Waals surface area contributed by atoms with Gasteiger partial charge in [0.05, 0.1) is 37.4 Å². The standard InChI is InChI=1S/C29H37N5O4/c1-37-25-8-7-21(17-26(25)38-2)24-18-29(11-3-4-12-29)28(36)34(32-24)22-9-14-33(15-10-22)27(35)23(30)16-20-6-5-13-31-19-20/h5-8,13,17,19,22-23H,3-4,9-12,14-16,18,30H2,1-2H3/t23-/m0/s1. The van der Waals surface area contributed by atoms with Gasteiger partial charge in [0.2, 0.25) is 11.8 Å². The number of pyridine rings is 1. The van der Waals surface area contributed by atoms with E-state index in [1.807, 2.05) is 35.2 Å². The Morgan fingerprint density at radius 2 is 1.87 bits per heavy atom. The van der Waals surface area contributed by atoms with Crippen molar-refractivity contribution in [3.05, 3.63) is 53.9 Å². The normalized spacial score (nSPS) is 20.4. The Bertz CT molecular complexity index is 1190. The van der Waals surface area contributed by atoms with Crippen LogP contribution in [0.5, 0.6) is 11.5 Å². The molecule has 1 aromatic carbocycles. The third-order valence-corrected chi connectivity index (χ3v) is 8.29. The van der Waals surface area contributed by atoms with Gasteiger partial charge in [-0.3, -0.25) is 14.6 Å². The molecule has 0 unspecified atom stereocenters. The maximum atomic E-state index is 13.8. The quantitative estimate of drug-likeness (QED) is 0.602. The van der Waals surface area contributed by atoms with Crippen LogP contribution in [0.4, 0.5) is 0 Å². The first kappa shape index (κ1) is 26.2. The monoisotopic (exact) mass is 519 g/mol. The topological polar surface area (TPSA) is 110 Å². The van der Waals surface area contributed by atoms with Crippen LogP contribution in [0.1, 0.15) is 56.1 Å². The number of nitrogens with two attached hydrogens (primary N) is 1. The highest BCUT2D eigenvalue weighted by atomic mass is 16.5. The second kappa shape index (κ2) is 11.1. The molecule has 0 radical (unpaired) electrons. The van der Waals surface area contributed by atoms with Crippen molar-refractivity contribution in [1.82, 2.24) is 14.9 Å². The number of piperidine rings is 1. The number of ether oxygens (including phenoxy) is 2. The fraction of sp³-hybridized carbons (Fsp3) is 0.517. The van der Waals surface area contributed by atoms with Crippen LogP contribution in [-0.4, -0.2) is 71.8 Å². The summed E-state index contributed by atoms with van der Waals surface area (Å²) < 4.78 is 10.9. The third-order valence-electron chi connectivity index (χ3n) is 8.29. The number of aromatic nitrogens is 1. The van der Waals surface area contributed by atoms with Crippen molar-refractivity contribution in [1.29, 1.82) is 0 Å². The van der Waals surface area contributed by atoms with Crippen LogP contribution in [-0.2, 0) is 16.0 Å².